The Kier molecular flexibility index (Phi) is 1.83. The van der Waals surface area contributed by atoms with Crippen molar-refractivity contribution in [2.75, 3.05) is 0 Å². The van der Waals surface area contributed by atoms with Crippen LogP contribution in [0.15, 0.2) is 0 Å². The van der Waals surface area contributed by atoms with E-state index in [4.69, 9.17) is 0 Å². The van der Waals surface area contributed by atoms with E-state index in [1.54, 1.807) is 0 Å². The van der Waals surface area contributed by atoms with Crippen LogP contribution in [-0.2, 0) is 0 Å². The maximum absolute atomic E-state index is 2.42. The van der Waals surface area contributed by atoms with Crippen LogP contribution in [-0.4, -0.2) is 0 Å². The minimum atomic E-state index is 0.760. The second-order valence-corrected chi connectivity index (χ2v) is 3.84. The Hall–Kier alpha value is 0. The molecular formula is C9H18. The molecule has 0 saturated heterocycles. The first-order valence-corrected chi connectivity index (χ1v) is 4.19. The van der Waals surface area contributed by atoms with E-state index in [-0.39, 0.29) is 0 Å². The van der Waals surface area contributed by atoms with Gasteiger partial charge in [0.25, 0.3) is 0 Å². The molecule has 1 rings (SSSR count). The molecule has 1 unspecified atom stereocenters. The Morgan fingerprint density at radius 2 is 2.00 bits per heavy atom. The smallest absolute Gasteiger partial charge is 0.0300 e. The molecular weight excluding hydrogens is 108 g/mol. The van der Waals surface area contributed by atoms with Gasteiger partial charge in [0.05, 0.1) is 0 Å². The van der Waals surface area contributed by atoms with E-state index in [0.717, 1.165) is 11.3 Å². The average Bonchev–Trinajstić information content (AvgIpc) is 2.50. The molecule has 1 fully saturated rings. The first-order chi connectivity index (χ1) is 4.19. The third-order valence-electron chi connectivity index (χ3n) is 2.95. The second-order valence-electron chi connectivity index (χ2n) is 3.84. The highest BCUT2D eigenvalue weighted by atomic mass is 14.5. The molecule has 0 nitrogen and oxygen atoms in total. The first kappa shape index (κ1) is 7.11. The monoisotopic (exact) mass is 126 g/mol. The SMILES string of the molecule is CCCC(C)C1(C)CC1. The van der Waals surface area contributed by atoms with Crippen molar-refractivity contribution >= 4 is 0 Å². The lowest BCUT2D eigenvalue weighted by Crippen LogP contribution is -2.07. The fourth-order valence-corrected chi connectivity index (χ4v) is 1.47. The quantitative estimate of drug-likeness (QED) is 0.544. The minimum absolute atomic E-state index is 0.760. The van der Waals surface area contributed by atoms with Gasteiger partial charge in [0, 0.05) is 0 Å². The summed E-state index contributed by atoms with van der Waals surface area (Å²) in [5.74, 6) is 0.975. The van der Waals surface area contributed by atoms with E-state index >= 15 is 0 Å². The molecule has 0 spiro atoms. The fraction of sp³-hybridized carbons (Fsp3) is 1.00. The third kappa shape index (κ3) is 1.47. The standard InChI is InChI=1S/C9H18/c1-4-5-8(2)9(3)6-7-9/h8H,4-7H2,1-3H3. The molecule has 1 aliphatic rings. The van der Waals surface area contributed by atoms with Crippen LogP contribution in [0.4, 0.5) is 0 Å². The van der Waals surface area contributed by atoms with E-state index < -0.39 is 0 Å². The van der Waals surface area contributed by atoms with Crippen LogP contribution in [0.1, 0.15) is 46.5 Å². The van der Waals surface area contributed by atoms with Crippen LogP contribution < -0.4 is 0 Å². The molecule has 0 aromatic heterocycles. The van der Waals surface area contributed by atoms with E-state index in [0.29, 0.717) is 0 Å². The van der Waals surface area contributed by atoms with Gasteiger partial charge in [0.15, 0.2) is 0 Å². The van der Waals surface area contributed by atoms with Crippen LogP contribution in [0.25, 0.3) is 0 Å². The lowest BCUT2D eigenvalue weighted by atomic mass is 9.89. The molecule has 1 aliphatic carbocycles. The van der Waals surface area contributed by atoms with E-state index in [2.05, 4.69) is 20.8 Å². The van der Waals surface area contributed by atoms with Gasteiger partial charge in [-0.1, -0.05) is 33.6 Å². The normalized spacial score (nSPS) is 25.7. The molecule has 9 heavy (non-hydrogen) atoms. The van der Waals surface area contributed by atoms with Gasteiger partial charge >= 0.3 is 0 Å². The van der Waals surface area contributed by atoms with Crippen molar-refractivity contribution in [1.29, 1.82) is 0 Å². The van der Waals surface area contributed by atoms with E-state index in [1.807, 2.05) is 0 Å². The van der Waals surface area contributed by atoms with Gasteiger partial charge in [-0.25, -0.2) is 0 Å². The molecule has 0 aliphatic heterocycles. The summed E-state index contributed by atoms with van der Waals surface area (Å²) in [5.41, 5.74) is 0.760. The first-order valence-electron chi connectivity index (χ1n) is 4.19. The van der Waals surface area contributed by atoms with Gasteiger partial charge < -0.3 is 0 Å². The Bertz CT molecular complexity index is 90.2. The molecule has 1 saturated carbocycles. The maximum Gasteiger partial charge on any atom is -0.0300 e. The summed E-state index contributed by atoms with van der Waals surface area (Å²) in [6.07, 6.45) is 5.75. The zero-order chi connectivity index (χ0) is 6.91. The zero-order valence-corrected chi connectivity index (χ0v) is 6.91. The number of hydrogen-bond acceptors (Lipinski definition) is 0. The summed E-state index contributed by atoms with van der Waals surface area (Å²) >= 11 is 0. The second kappa shape index (κ2) is 2.32. The third-order valence-corrected chi connectivity index (χ3v) is 2.95. The summed E-state index contributed by atoms with van der Waals surface area (Å²) in [6, 6.07) is 0. The van der Waals surface area contributed by atoms with Crippen LogP contribution in [0.5, 0.6) is 0 Å². The Labute approximate surface area is 58.7 Å². The Morgan fingerprint density at radius 1 is 1.44 bits per heavy atom. The summed E-state index contributed by atoms with van der Waals surface area (Å²) in [5, 5.41) is 0. The average molecular weight is 126 g/mol. The van der Waals surface area contributed by atoms with Crippen LogP contribution >= 0.6 is 0 Å². The Morgan fingerprint density at radius 3 is 2.33 bits per heavy atom. The zero-order valence-electron chi connectivity index (χ0n) is 6.91. The van der Waals surface area contributed by atoms with Crippen LogP contribution in [0.3, 0.4) is 0 Å². The molecule has 0 amide bonds. The lowest BCUT2D eigenvalue weighted by Gasteiger charge is -2.16. The summed E-state index contributed by atoms with van der Waals surface area (Å²) in [4.78, 5) is 0. The molecule has 0 heteroatoms. The van der Waals surface area contributed by atoms with Crippen molar-refractivity contribution in [2.24, 2.45) is 11.3 Å². The molecule has 0 N–H and O–H groups in total. The molecule has 0 heterocycles. The van der Waals surface area contributed by atoms with Crippen LogP contribution in [0.2, 0.25) is 0 Å². The largest absolute Gasteiger partial charge is 0.0654 e. The molecule has 1 atom stereocenters. The summed E-state index contributed by atoms with van der Waals surface area (Å²) < 4.78 is 0. The lowest BCUT2D eigenvalue weighted by molar-refractivity contribution is 0.339. The van der Waals surface area contributed by atoms with Crippen molar-refractivity contribution in [3.8, 4) is 0 Å². The highest BCUT2D eigenvalue weighted by Crippen LogP contribution is 2.52. The van der Waals surface area contributed by atoms with Crippen molar-refractivity contribution < 1.29 is 0 Å². The van der Waals surface area contributed by atoms with Gasteiger partial charge in [-0.15, -0.1) is 0 Å². The highest BCUT2D eigenvalue weighted by molar-refractivity contribution is 4.92. The minimum Gasteiger partial charge on any atom is -0.0654 e. The molecule has 0 radical (unpaired) electrons. The van der Waals surface area contributed by atoms with Gasteiger partial charge in [-0.2, -0.15) is 0 Å². The predicted octanol–water partition coefficient (Wildman–Crippen LogP) is 3.22. The number of rotatable bonds is 3. The highest BCUT2D eigenvalue weighted by Gasteiger charge is 2.41. The summed E-state index contributed by atoms with van der Waals surface area (Å²) in [7, 11) is 0. The van der Waals surface area contributed by atoms with Crippen molar-refractivity contribution in [3.05, 3.63) is 0 Å². The van der Waals surface area contributed by atoms with Crippen molar-refractivity contribution in [1.82, 2.24) is 0 Å². The van der Waals surface area contributed by atoms with E-state index in [9.17, 15) is 0 Å². The molecule has 0 bridgehead atoms. The number of hydrogen-bond donors (Lipinski definition) is 0. The van der Waals surface area contributed by atoms with Crippen molar-refractivity contribution in [3.63, 3.8) is 0 Å². The Balaban J connectivity index is 2.24. The maximum atomic E-state index is 2.42. The van der Waals surface area contributed by atoms with E-state index in [1.165, 1.54) is 25.7 Å². The topological polar surface area (TPSA) is 0 Å². The summed E-state index contributed by atoms with van der Waals surface area (Å²) in [6.45, 7) is 7.10. The molecule has 0 aromatic carbocycles. The van der Waals surface area contributed by atoms with Gasteiger partial charge in [0.2, 0.25) is 0 Å². The van der Waals surface area contributed by atoms with Gasteiger partial charge in [-0.3, -0.25) is 0 Å². The van der Waals surface area contributed by atoms with Crippen LogP contribution in [0, 0.1) is 11.3 Å². The fourth-order valence-electron chi connectivity index (χ4n) is 1.47. The predicted molar refractivity (Wildman–Crippen MR) is 41.4 cm³/mol. The van der Waals surface area contributed by atoms with Gasteiger partial charge in [0.1, 0.15) is 0 Å². The molecule has 0 aromatic rings. The van der Waals surface area contributed by atoms with Gasteiger partial charge in [-0.05, 0) is 24.2 Å². The van der Waals surface area contributed by atoms with Crippen molar-refractivity contribution in [2.45, 2.75) is 46.5 Å². The molecule has 54 valence electrons.